The van der Waals surface area contributed by atoms with Gasteiger partial charge in [0.2, 0.25) is 5.91 Å². The normalized spacial score (nSPS) is 18.5. The zero-order valence-corrected chi connectivity index (χ0v) is 12.9. The highest BCUT2D eigenvalue weighted by atomic mass is 16.2. The lowest BCUT2D eigenvalue weighted by Crippen LogP contribution is -2.36. The Kier molecular flexibility index (Phi) is 3.18. The van der Waals surface area contributed by atoms with Crippen molar-refractivity contribution in [3.05, 3.63) is 101 Å². The Balaban J connectivity index is 2.05. The number of amides is 1. The van der Waals surface area contributed by atoms with Gasteiger partial charge in [-0.15, -0.1) is 0 Å². The van der Waals surface area contributed by atoms with Crippen molar-refractivity contribution in [1.29, 1.82) is 5.26 Å². The number of rotatable bonds is 2. The first-order valence-corrected chi connectivity index (χ1v) is 7.74. The largest absolute Gasteiger partial charge is 0.324 e. The van der Waals surface area contributed by atoms with Gasteiger partial charge in [-0.2, -0.15) is 5.26 Å². The summed E-state index contributed by atoms with van der Waals surface area (Å²) in [5.41, 5.74) is 3.22. The van der Waals surface area contributed by atoms with Gasteiger partial charge >= 0.3 is 0 Å². The van der Waals surface area contributed by atoms with E-state index in [1.54, 1.807) is 12.1 Å². The van der Waals surface area contributed by atoms with E-state index in [-0.39, 0.29) is 5.91 Å². The van der Waals surface area contributed by atoms with Crippen molar-refractivity contribution in [2.24, 2.45) is 0 Å². The van der Waals surface area contributed by atoms with Crippen molar-refractivity contribution in [3.8, 4) is 6.07 Å². The van der Waals surface area contributed by atoms with Crippen LogP contribution in [-0.2, 0) is 10.2 Å². The summed E-state index contributed by atoms with van der Waals surface area (Å²) in [5, 5.41) is 12.1. The molecular formula is C21H14N2O. The van der Waals surface area contributed by atoms with Gasteiger partial charge < -0.3 is 5.32 Å². The lowest BCUT2D eigenvalue weighted by atomic mass is 9.70. The number of nitrogens with one attached hydrogen (secondary N) is 1. The van der Waals surface area contributed by atoms with Crippen LogP contribution >= 0.6 is 0 Å². The van der Waals surface area contributed by atoms with Crippen molar-refractivity contribution in [2.75, 3.05) is 5.32 Å². The maximum atomic E-state index is 13.1. The number of carbonyl (C=O) groups is 1. The number of fused-ring (bicyclic) bond motifs is 1. The van der Waals surface area contributed by atoms with Crippen LogP contribution in [0.3, 0.4) is 0 Å². The van der Waals surface area contributed by atoms with Crippen molar-refractivity contribution >= 4 is 11.6 Å². The summed E-state index contributed by atoms with van der Waals surface area (Å²) in [5.74, 6) is -0.0698. The average Bonchev–Trinajstić information content (AvgIpc) is 2.95. The Hall–Kier alpha value is -3.38. The van der Waals surface area contributed by atoms with E-state index in [4.69, 9.17) is 5.26 Å². The molecule has 4 rings (SSSR count). The third-order valence-corrected chi connectivity index (χ3v) is 4.57. The predicted octanol–water partition coefficient (Wildman–Crippen LogP) is 3.84. The standard InChI is InChI=1S/C21H14N2O/c22-14-15-10-12-17(13-11-15)21(16-6-2-1-3-7-16)18-8-4-5-9-19(18)23-20(21)24/h1-13H,(H,23,24). The molecule has 0 saturated carbocycles. The molecule has 0 aliphatic carbocycles. The Labute approximate surface area is 140 Å². The van der Waals surface area contributed by atoms with E-state index in [9.17, 15) is 4.79 Å². The summed E-state index contributed by atoms with van der Waals surface area (Å²) in [6.45, 7) is 0. The van der Waals surface area contributed by atoms with Crippen LogP contribution in [0.1, 0.15) is 22.3 Å². The molecule has 0 fully saturated rings. The average molecular weight is 310 g/mol. The molecule has 1 amide bonds. The summed E-state index contributed by atoms with van der Waals surface area (Å²) in [7, 11) is 0. The molecule has 1 heterocycles. The number of carbonyl (C=O) groups excluding carboxylic acids is 1. The molecule has 0 spiro atoms. The number of para-hydroxylation sites is 1. The maximum absolute atomic E-state index is 13.1. The van der Waals surface area contributed by atoms with Crippen LogP contribution in [-0.4, -0.2) is 5.91 Å². The molecule has 0 aromatic heterocycles. The number of nitriles is 1. The molecule has 0 bridgehead atoms. The first-order valence-electron chi connectivity index (χ1n) is 7.74. The fourth-order valence-electron chi connectivity index (χ4n) is 3.48. The first-order chi connectivity index (χ1) is 11.8. The molecule has 1 atom stereocenters. The van der Waals surface area contributed by atoms with Gasteiger partial charge in [0, 0.05) is 11.3 Å². The molecule has 1 unspecified atom stereocenters. The van der Waals surface area contributed by atoms with E-state index in [0.717, 1.165) is 22.4 Å². The van der Waals surface area contributed by atoms with Crippen molar-refractivity contribution < 1.29 is 4.79 Å². The van der Waals surface area contributed by atoms with Crippen molar-refractivity contribution in [3.63, 3.8) is 0 Å². The Bertz CT molecular complexity index is 955. The topological polar surface area (TPSA) is 52.9 Å². The SMILES string of the molecule is N#Cc1ccc(C2(c3ccccc3)C(=O)Nc3ccccc32)cc1. The third-order valence-electron chi connectivity index (χ3n) is 4.57. The molecule has 1 aliphatic heterocycles. The number of anilines is 1. The van der Waals surface area contributed by atoms with Crippen LogP contribution in [0.2, 0.25) is 0 Å². The second-order valence-electron chi connectivity index (χ2n) is 5.80. The van der Waals surface area contributed by atoms with Gasteiger partial charge in [0.05, 0.1) is 11.6 Å². The van der Waals surface area contributed by atoms with Gasteiger partial charge in [-0.3, -0.25) is 4.79 Å². The highest BCUT2D eigenvalue weighted by molar-refractivity contribution is 6.11. The first kappa shape index (κ1) is 14.2. The molecule has 0 saturated heterocycles. The van der Waals surface area contributed by atoms with Crippen LogP contribution in [0.4, 0.5) is 5.69 Å². The number of nitrogens with zero attached hydrogens (tertiary/aromatic N) is 1. The van der Waals surface area contributed by atoms with Crippen LogP contribution in [0.15, 0.2) is 78.9 Å². The molecule has 1 aliphatic rings. The molecule has 114 valence electrons. The number of benzene rings is 3. The summed E-state index contributed by atoms with van der Waals surface area (Å²) >= 11 is 0. The van der Waals surface area contributed by atoms with Gasteiger partial charge in [0.25, 0.3) is 0 Å². The Morgan fingerprint density at radius 2 is 1.42 bits per heavy atom. The van der Waals surface area contributed by atoms with E-state index in [1.807, 2.05) is 66.7 Å². The van der Waals surface area contributed by atoms with E-state index in [2.05, 4.69) is 11.4 Å². The molecule has 3 heteroatoms. The highest BCUT2D eigenvalue weighted by Crippen LogP contribution is 2.47. The smallest absolute Gasteiger partial charge is 0.244 e. The Morgan fingerprint density at radius 3 is 2.12 bits per heavy atom. The molecule has 3 aromatic rings. The summed E-state index contributed by atoms with van der Waals surface area (Å²) in [4.78, 5) is 13.1. The van der Waals surface area contributed by atoms with Gasteiger partial charge in [-0.1, -0.05) is 60.7 Å². The minimum Gasteiger partial charge on any atom is -0.324 e. The lowest BCUT2D eigenvalue weighted by Gasteiger charge is -2.29. The maximum Gasteiger partial charge on any atom is 0.244 e. The van der Waals surface area contributed by atoms with Crippen LogP contribution < -0.4 is 5.32 Å². The predicted molar refractivity (Wildman–Crippen MR) is 92.6 cm³/mol. The third kappa shape index (κ3) is 1.87. The van der Waals surface area contributed by atoms with Gasteiger partial charge in [0.15, 0.2) is 0 Å². The quantitative estimate of drug-likeness (QED) is 0.781. The summed E-state index contributed by atoms with van der Waals surface area (Å²) < 4.78 is 0. The van der Waals surface area contributed by atoms with Crippen LogP contribution in [0.5, 0.6) is 0 Å². The number of hydrogen-bond acceptors (Lipinski definition) is 2. The zero-order valence-electron chi connectivity index (χ0n) is 12.9. The molecule has 1 N–H and O–H groups in total. The van der Waals surface area contributed by atoms with E-state index in [0.29, 0.717) is 5.56 Å². The fraction of sp³-hybridized carbons (Fsp3) is 0.0476. The monoisotopic (exact) mass is 310 g/mol. The second-order valence-corrected chi connectivity index (χ2v) is 5.80. The Morgan fingerprint density at radius 1 is 0.792 bits per heavy atom. The van der Waals surface area contributed by atoms with E-state index >= 15 is 0 Å². The zero-order chi connectivity index (χ0) is 16.6. The molecule has 3 aromatic carbocycles. The van der Waals surface area contributed by atoms with E-state index < -0.39 is 5.41 Å². The van der Waals surface area contributed by atoms with E-state index in [1.165, 1.54) is 0 Å². The van der Waals surface area contributed by atoms with Gasteiger partial charge in [-0.25, -0.2) is 0 Å². The van der Waals surface area contributed by atoms with Gasteiger partial charge in [-0.05, 0) is 29.3 Å². The minimum atomic E-state index is -0.897. The van der Waals surface area contributed by atoms with Gasteiger partial charge in [0.1, 0.15) is 5.41 Å². The van der Waals surface area contributed by atoms with Crippen LogP contribution in [0.25, 0.3) is 0 Å². The minimum absolute atomic E-state index is 0.0698. The lowest BCUT2D eigenvalue weighted by molar-refractivity contribution is -0.118. The summed E-state index contributed by atoms with van der Waals surface area (Å²) in [6.07, 6.45) is 0. The molecule has 24 heavy (non-hydrogen) atoms. The molecule has 3 nitrogen and oxygen atoms in total. The van der Waals surface area contributed by atoms with Crippen molar-refractivity contribution in [1.82, 2.24) is 0 Å². The summed E-state index contributed by atoms with van der Waals surface area (Å²) in [6, 6.07) is 26.9. The molecule has 0 radical (unpaired) electrons. The fourth-order valence-corrected chi connectivity index (χ4v) is 3.48. The van der Waals surface area contributed by atoms with Crippen LogP contribution in [0, 0.1) is 11.3 Å². The highest BCUT2D eigenvalue weighted by Gasteiger charge is 2.49. The molecular weight excluding hydrogens is 296 g/mol. The second kappa shape index (κ2) is 5.36. The number of hydrogen-bond donors (Lipinski definition) is 1. The van der Waals surface area contributed by atoms with Crippen molar-refractivity contribution in [2.45, 2.75) is 5.41 Å².